The minimum atomic E-state index is -4.56. The van der Waals surface area contributed by atoms with Crippen LogP contribution in [0.4, 0.5) is 17.6 Å². The van der Waals surface area contributed by atoms with E-state index in [4.69, 9.17) is 4.52 Å². The molecule has 0 spiro atoms. The van der Waals surface area contributed by atoms with Crippen LogP contribution in [0.1, 0.15) is 11.4 Å². The van der Waals surface area contributed by atoms with E-state index in [0.29, 0.717) is 30.9 Å². The summed E-state index contributed by atoms with van der Waals surface area (Å²) >= 11 is 0. The molecule has 0 aliphatic rings. The predicted octanol–water partition coefficient (Wildman–Crippen LogP) is 2.66. The van der Waals surface area contributed by atoms with Crippen molar-refractivity contribution >= 4 is 0 Å². The highest BCUT2D eigenvalue weighted by molar-refractivity contribution is 5.55. The zero-order chi connectivity index (χ0) is 14.8. The SMILES string of the molecule is CNCCc1noc(-c2cc(C(F)(F)F)ccc2F)n1. The summed E-state index contributed by atoms with van der Waals surface area (Å²) in [7, 11) is 1.73. The second-order valence-corrected chi connectivity index (χ2v) is 4.06. The standard InChI is InChI=1S/C12H11F4N3O/c1-17-5-4-10-18-11(20-19-10)8-6-7(12(14,15)16)2-3-9(8)13/h2-3,6,17H,4-5H2,1H3. The number of alkyl halides is 3. The van der Waals surface area contributed by atoms with Crippen molar-refractivity contribution in [1.29, 1.82) is 0 Å². The molecule has 20 heavy (non-hydrogen) atoms. The molecule has 8 heteroatoms. The van der Waals surface area contributed by atoms with Crippen molar-refractivity contribution in [3.8, 4) is 11.5 Å². The maximum Gasteiger partial charge on any atom is 0.416 e. The Kier molecular flexibility index (Phi) is 4.03. The zero-order valence-corrected chi connectivity index (χ0v) is 10.5. The van der Waals surface area contributed by atoms with Crippen molar-refractivity contribution < 1.29 is 22.1 Å². The summed E-state index contributed by atoms with van der Waals surface area (Å²) in [6.45, 7) is 0.573. The smallest absolute Gasteiger partial charge is 0.334 e. The van der Waals surface area contributed by atoms with Gasteiger partial charge in [0.05, 0.1) is 11.1 Å². The summed E-state index contributed by atoms with van der Waals surface area (Å²) in [4.78, 5) is 3.88. The van der Waals surface area contributed by atoms with E-state index in [1.54, 1.807) is 7.05 Å². The average molecular weight is 289 g/mol. The van der Waals surface area contributed by atoms with Gasteiger partial charge >= 0.3 is 6.18 Å². The van der Waals surface area contributed by atoms with Gasteiger partial charge in [0, 0.05) is 13.0 Å². The molecule has 0 unspecified atom stereocenters. The van der Waals surface area contributed by atoms with Gasteiger partial charge in [-0.05, 0) is 25.2 Å². The molecule has 2 aromatic rings. The van der Waals surface area contributed by atoms with Gasteiger partial charge in [0.15, 0.2) is 5.82 Å². The van der Waals surface area contributed by atoms with Crippen molar-refractivity contribution in [2.45, 2.75) is 12.6 Å². The van der Waals surface area contributed by atoms with Gasteiger partial charge in [-0.1, -0.05) is 5.16 Å². The van der Waals surface area contributed by atoms with E-state index >= 15 is 0 Å². The number of rotatable bonds is 4. The predicted molar refractivity (Wildman–Crippen MR) is 62.3 cm³/mol. The van der Waals surface area contributed by atoms with Crippen molar-refractivity contribution in [2.24, 2.45) is 0 Å². The van der Waals surface area contributed by atoms with Crippen LogP contribution in [-0.4, -0.2) is 23.7 Å². The lowest BCUT2D eigenvalue weighted by atomic mass is 10.1. The fourth-order valence-electron chi connectivity index (χ4n) is 1.57. The van der Waals surface area contributed by atoms with Crippen LogP contribution in [0.2, 0.25) is 0 Å². The maximum atomic E-state index is 13.6. The molecule has 1 heterocycles. The topological polar surface area (TPSA) is 51.0 Å². The van der Waals surface area contributed by atoms with Crippen LogP contribution in [0.15, 0.2) is 22.7 Å². The number of likely N-dealkylation sites (N-methyl/N-ethyl adjacent to an activating group) is 1. The van der Waals surface area contributed by atoms with Crippen LogP contribution >= 0.6 is 0 Å². The molecule has 2 rings (SSSR count). The molecular weight excluding hydrogens is 278 g/mol. The Morgan fingerprint density at radius 2 is 2.05 bits per heavy atom. The number of hydrogen-bond acceptors (Lipinski definition) is 4. The van der Waals surface area contributed by atoms with Gasteiger partial charge in [-0.15, -0.1) is 0 Å². The molecular formula is C12H11F4N3O. The summed E-state index contributed by atoms with van der Waals surface area (Å²) in [5.41, 5.74) is -1.33. The first-order chi connectivity index (χ1) is 9.41. The molecule has 0 aliphatic heterocycles. The molecule has 0 saturated heterocycles. The second-order valence-electron chi connectivity index (χ2n) is 4.06. The molecule has 0 amide bonds. The Balaban J connectivity index is 2.34. The van der Waals surface area contributed by atoms with E-state index in [2.05, 4.69) is 15.5 Å². The Morgan fingerprint density at radius 3 is 2.70 bits per heavy atom. The Labute approximate surface area is 111 Å². The molecule has 0 saturated carbocycles. The van der Waals surface area contributed by atoms with Crippen LogP contribution in [0, 0.1) is 5.82 Å². The quantitative estimate of drug-likeness (QED) is 0.879. The molecule has 0 aliphatic carbocycles. The molecule has 0 radical (unpaired) electrons. The highest BCUT2D eigenvalue weighted by atomic mass is 19.4. The van der Waals surface area contributed by atoms with E-state index in [-0.39, 0.29) is 11.5 Å². The monoisotopic (exact) mass is 289 g/mol. The van der Waals surface area contributed by atoms with E-state index in [1.165, 1.54) is 0 Å². The maximum absolute atomic E-state index is 13.6. The first kappa shape index (κ1) is 14.4. The van der Waals surface area contributed by atoms with Crippen LogP contribution < -0.4 is 5.32 Å². The number of nitrogens with zero attached hydrogens (tertiary/aromatic N) is 2. The highest BCUT2D eigenvalue weighted by Crippen LogP contribution is 2.33. The molecule has 0 fully saturated rings. The van der Waals surface area contributed by atoms with Gasteiger partial charge < -0.3 is 9.84 Å². The second kappa shape index (κ2) is 5.58. The molecule has 108 valence electrons. The van der Waals surface area contributed by atoms with Gasteiger partial charge in [-0.3, -0.25) is 0 Å². The van der Waals surface area contributed by atoms with E-state index in [0.717, 1.165) is 6.07 Å². The minimum absolute atomic E-state index is 0.264. The van der Waals surface area contributed by atoms with Crippen molar-refractivity contribution in [3.05, 3.63) is 35.4 Å². The third-order valence-electron chi connectivity index (χ3n) is 2.59. The van der Waals surface area contributed by atoms with Gasteiger partial charge in [0.2, 0.25) is 0 Å². The molecule has 1 N–H and O–H groups in total. The largest absolute Gasteiger partial charge is 0.416 e. The van der Waals surface area contributed by atoms with E-state index in [1.807, 2.05) is 0 Å². The normalized spacial score (nSPS) is 11.8. The summed E-state index contributed by atoms with van der Waals surface area (Å²) < 4.78 is 56.2. The third kappa shape index (κ3) is 3.13. The van der Waals surface area contributed by atoms with Crippen molar-refractivity contribution in [1.82, 2.24) is 15.5 Å². The molecule has 1 aromatic heterocycles. The number of aromatic nitrogens is 2. The molecule has 1 aromatic carbocycles. The fraction of sp³-hybridized carbons (Fsp3) is 0.333. The van der Waals surface area contributed by atoms with Crippen LogP contribution in [0.3, 0.4) is 0 Å². The molecule has 0 bridgehead atoms. The minimum Gasteiger partial charge on any atom is -0.334 e. The highest BCUT2D eigenvalue weighted by Gasteiger charge is 2.31. The summed E-state index contributed by atoms with van der Waals surface area (Å²) in [6, 6.07) is 2.05. The number of hydrogen-bond donors (Lipinski definition) is 1. The molecule has 0 atom stereocenters. The van der Waals surface area contributed by atoms with Gasteiger partial charge in [0.1, 0.15) is 5.82 Å². The number of nitrogens with one attached hydrogen (secondary N) is 1. The van der Waals surface area contributed by atoms with Crippen LogP contribution in [-0.2, 0) is 12.6 Å². The first-order valence-electron chi connectivity index (χ1n) is 5.76. The molecule has 4 nitrogen and oxygen atoms in total. The van der Waals surface area contributed by atoms with Gasteiger partial charge in [-0.25, -0.2) is 4.39 Å². The van der Waals surface area contributed by atoms with Crippen LogP contribution in [0.5, 0.6) is 0 Å². The Bertz CT molecular complexity index is 595. The lowest BCUT2D eigenvalue weighted by Crippen LogP contribution is -2.11. The first-order valence-corrected chi connectivity index (χ1v) is 5.76. The third-order valence-corrected chi connectivity index (χ3v) is 2.59. The number of halogens is 4. The van der Waals surface area contributed by atoms with Crippen LogP contribution in [0.25, 0.3) is 11.5 Å². The summed E-state index contributed by atoms with van der Waals surface area (Å²) in [5, 5.41) is 6.45. The summed E-state index contributed by atoms with van der Waals surface area (Å²) in [5.74, 6) is -0.812. The van der Waals surface area contributed by atoms with E-state index < -0.39 is 17.6 Å². The van der Waals surface area contributed by atoms with E-state index in [9.17, 15) is 17.6 Å². The lowest BCUT2D eigenvalue weighted by molar-refractivity contribution is -0.137. The summed E-state index contributed by atoms with van der Waals surface area (Å²) in [6.07, 6.45) is -4.13. The number of benzene rings is 1. The van der Waals surface area contributed by atoms with Crippen molar-refractivity contribution in [2.75, 3.05) is 13.6 Å². The fourth-order valence-corrected chi connectivity index (χ4v) is 1.57. The Hall–Kier alpha value is -1.96. The Morgan fingerprint density at radius 1 is 1.30 bits per heavy atom. The van der Waals surface area contributed by atoms with Gasteiger partial charge in [0.25, 0.3) is 5.89 Å². The van der Waals surface area contributed by atoms with Crippen molar-refractivity contribution in [3.63, 3.8) is 0 Å². The zero-order valence-electron chi connectivity index (χ0n) is 10.5. The average Bonchev–Trinajstić information content (AvgIpc) is 2.84. The van der Waals surface area contributed by atoms with Gasteiger partial charge in [-0.2, -0.15) is 18.2 Å². The lowest BCUT2D eigenvalue weighted by Gasteiger charge is -2.07.